The van der Waals surface area contributed by atoms with Gasteiger partial charge < -0.3 is 5.32 Å². The van der Waals surface area contributed by atoms with Gasteiger partial charge in [-0.1, -0.05) is 0 Å². The molecular weight excluding hydrogens is 266 g/mol. The van der Waals surface area contributed by atoms with Crippen molar-refractivity contribution in [3.63, 3.8) is 0 Å². The predicted molar refractivity (Wildman–Crippen MR) is 72.5 cm³/mol. The lowest BCUT2D eigenvalue weighted by molar-refractivity contribution is 0.598. The molecule has 0 radical (unpaired) electrons. The molecular formula is C11H15N5O2S. The highest BCUT2D eigenvalue weighted by atomic mass is 32.2. The first kappa shape index (κ1) is 13.3. The first-order chi connectivity index (χ1) is 9.06. The van der Waals surface area contributed by atoms with Crippen molar-refractivity contribution in [1.29, 1.82) is 0 Å². The third-order valence-electron chi connectivity index (χ3n) is 2.50. The number of rotatable bonds is 5. The van der Waals surface area contributed by atoms with E-state index in [1.54, 1.807) is 30.1 Å². The van der Waals surface area contributed by atoms with Gasteiger partial charge in [-0.2, -0.15) is 13.5 Å². The summed E-state index contributed by atoms with van der Waals surface area (Å²) in [7, 11) is -2.08. The Hall–Kier alpha value is -2.09. The highest BCUT2D eigenvalue weighted by molar-refractivity contribution is 7.92. The van der Waals surface area contributed by atoms with E-state index in [0.29, 0.717) is 17.9 Å². The van der Waals surface area contributed by atoms with Gasteiger partial charge in [0.25, 0.3) is 10.0 Å². The summed E-state index contributed by atoms with van der Waals surface area (Å²) in [4.78, 5) is 3.90. The summed E-state index contributed by atoms with van der Waals surface area (Å²) < 4.78 is 28.5. The lowest BCUT2D eigenvalue weighted by atomic mass is 10.4. The van der Waals surface area contributed by atoms with Gasteiger partial charge in [0, 0.05) is 26.0 Å². The van der Waals surface area contributed by atoms with E-state index in [1.165, 1.54) is 12.4 Å². The molecule has 102 valence electrons. The van der Waals surface area contributed by atoms with Gasteiger partial charge in [0.05, 0.1) is 17.6 Å². The maximum atomic E-state index is 12.2. The molecule has 0 aromatic carbocycles. The Morgan fingerprint density at radius 1 is 1.42 bits per heavy atom. The summed E-state index contributed by atoms with van der Waals surface area (Å²) >= 11 is 0. The van der Waals surface area contributed by atoms with Crippen LogP contribution < -0.4 is 10.0 Å². The zero-order valence-corrected chi connectivity index (χ0v) is 11.5. The molecule has 0 spiro atoms. The van der Waals surface area contributed by atoms with Crippen LogP contribution in [0.1, 0.15) is 6.92 Å². The maximum Gasteiger partial charge on any atom is 0.281 e. The van der Waals surface area contributed by atoms with Crippen LogP contribution in [0, 0.1) is 0 Å². The van der Waals surface area contributed by atoms with Crippen molar-refractivity contribution in [2.45, 2.75) is 18.5 Å². The van der Waals surface area contributed by atoms with Gasteiger partial charge in [-0.15, -0.1) is 0 Å². The number of nitrogens with zero attached hydrogens (tertiary/aromatic N) is 3. The molecule has 2 aromatic heterocycles. The molecule has 2 heterocycles. The monoisotopic (exact) mass is 281 g/mol. The number of aromatic nitrogens is 3. The van der Waals surface area contributed by atoms with Crippen LogP contribution in [0.25, 0.3) is 0 Å². The van der Waals surface area contributed by atoms with E-state index in [-0.39, 0.29) is 5.03 Å². The molecule has 2 aromatic rings. The lowest BCUT2D eigenvalue weighted by Crippen LogP contribution is -2.16. The normalized spacial score (nSPS) is 11.3. The average molecular weight is 281 g/mol. The Bertz CT molecular complexity index is 665. The Morgan fingerprint density at radius 2 is 2.21 bits per heavy atom. The largest absolute Gasteiger partial charge is 0.386 e. The first-order valence-electron chi connectivity index (χ1n) is 5.75. The molecule has 0 fully saturated rings. The van der Waals surface area contributed by atoms with Crippen LogP contribution in [0.3, 0.4) is 0 Å². The van der Waals surface area contributed by atoms with Gasteiger partial charge in [0.15, 0.2) is 5.03 Å². The van der Waals surface area contributed by atoms with Gasteiger partial charge in [0.1, 0.15) is 0 Å². The molecule has 0 saturated carbocycles. The number of sulfonamides is 1. The summed E-state index contributed by atoms with van der Waals surface area (Å²) in [5.41, 5.74) is 0.854. The molecule has 0 unspecified atom stereocenters. The highest BCUT2D eigenvalue weighted by Gasteiger charge is 2.20. The zero-order chi connectivity index (χ0) is 13.9. The first-order valence-corrected chi connectivity index (χ1v) is 7.23. The summed E-state index contributed by atoms with van der Waals surface area (Å²) in [5, 5.41) is 6.77. The van der Waals surface area contributed by atoms with Crippen LogP contribution in [-0.4, -0.2) is 30.2 Å². The van der Waals surface area contributed by atoms with Crippen molar-refractivity contribution in [3.05, 3.63) is 30.7 Å². The van der Waals surface area contributed by atoms with Crippen molar-refractivity contribution in [2.75, 3.05) is 17.1 Å². The maximum absolute atomic E-state index is 12.2. The zero-order valence-electron chi connectivity index (χ0n) is 10.7. The third-order valence-corrected chi connectivity index (χ3v) is 3.84. The van der Waals surface area contributed by atoms with Crippen LogP contribution in [-0.2, 0) is 16.6 Å². The molecule has 0 aliphatic carbocycles. The molecule has 0 amide bonds. The third kappa shape index (κ3) is 2.84. The molecule has 7 nitrogen and oxygen atoms in total. The van der Waals surface area contributed by atoms with Crippen molar-refractivity contribution >= 4 is 21.4 Å². The van der Waals surface area contributed by atoms with Crippen LogP contribution >= 0.6 is 0 Å². The number of aryl methyl sites for hydroxylation is 1. The van der Waals surface area contributed by atoms with Crippen LogP contribution in [0.15, 0.2) is 35.7 Å². The van der Waals surface area contributed by atoms with Crippen LogP contribution in [0.5, 0.6) is 0 Å². The Kier molecular flexibility index (Phi) is 3.70. The number of hydrogen-bond donors (Lipinski definition) is 2. The quantitative estimate of drug-likeness (QED) is 0.858. The standard InChI is InChI=1S/C11H15N5O2S/c1-3-16-8-9(7-14-16)15-19(17,18)11-10(12-2)5-4-6-13-11/h4-8,12,15H,3H2,1-2H3. The molecule has 0 bridgehead atoms. The predicted octanol–water partition coefficient (Wildman–Crippen LogP) is 1.14. The molecule has 0 aliphatic rings. The summed E-state index contributed by atoms with van der Waals surface area (Å²) in [6.45, 7) is 2.59. The summed E-state index contributed by atoms with van der Waals surface area (Å²) in [5.74, 6) is 0. The fraction of sp³-hybridized carbons (Fsp3) is 0.273. The van der Waals surface area contributed by atoms with E-state index in [9.17, 15) is 8.42 Å². The van der Waals surface area contributed by atoms with Crippen molar-refractivity contribution < 1.29 is 8.42 Å². The molecule has 2 rings (SSSR count). The Morgan fingerprint density at radius 3 is 2.84 bits per heavy atom. The van der Waals surface area contributed by atoms with E-state index < -0.39 is 10.0 Å². The SMILES string of the molecule is CCn1cc(NS(=O)(=O)c2ncccc2NC)cn1. The van der Waals surface area contributed by atoms with E-state index in [2.05, 4.69) is 20.1 Å². The Labute approximate surface area is 111 Å². The second-order valence-electron chi connectivity index (χ2n) is 3.80. The highest BCUT2D eigenvalue weighted by Crippen LogP contribution is 2.20. The topological polar surface area (TPSA) is 88.9 Å². The smallest absolute Gasteiger partial charge is 0.281 e. The van der Waals surface area contributed by atoms with Crippen LogP contribution in [0.2, 0.25) is 0 Å². The van der Waals surface area contributed by atoms with E-state index in [1.807, 2.05) is 6.92 Å². The second kappa shape index (κ2) is 5.27. The molecule has 19 heavy (non-hydrogen) atoms. The number of hydrogen-bond acceptors (Lipinski definition) is 5. The fourth-order valence-electron chi connectivity index (χ4n) is 1.59. The van der Waals surface area contributed by atoms with E-state index >= 15 is 0 Å². The van der Waals surface area contributed by atoms with E-state index in [4.69, 9.17) is 0 Å². The summed E-state index contributed by atoms with van der Waals surface area (Å²) in [6, 6.07) is 3.32. The van der Waals surface area contributed by atoms with Crippen molar-refractivity contribution in [1.82, 2.24) is 14.8 Å². The van der Waals surface area contributed by atoms with Crippen molar-refractivity contribution in [2.24, 2.45) is 0 Å². The average Bonchev–Trinajstić information content (AvgIpc) is 2.85. The Balaban J connectivity index is 2.32. The van der Waals surface area contributed by atoms with Crippen molar-refractivity contribution in [3.8, 4) is 0 Å². The van der Waals surface area contributed by atoms with Gasteiger partial charge in [-0.25, -0.2) is 4.98 Å². The second-order valence-corrected chi connectivity index (χ2v) is 5.39. The molecule has 0 saturated heterocycles. The number of anilines is 2. The lowest BCUT2D eigenvalue weighted by Gasteiger charge is -2.09. The van der Waals surface area contributed by atoms with E-state index in [0.717, 1.165) is 0 Å². The van der Waals surface area contributed by atoms with Gasteiger partial charge in [0.2, 0.25) is 0 Å². The minimum atomic E-state index is -3.73. The van der Waals surface area contributed by atoms with Gasteiger partial charge in [-0.3, -0.25) is 9.40 Å². The minimum Gasteiger partial charge on any atom is -0.386 e. The van der Waals surface area contributed by atoms with Gasteiger partial charge in [-0.05, 0) is 19.1 Å². The summed E-state index contributed by atoms with van der Waals surface area (Å²) in [6.07, 6.45) is 4.52. The molecule has 2 N–H and O–H groups in total. The van der Waals surface area contributed by atoms with Crippen LogP contribution in [0.4, 0.5) is 11.4 Å². The number of nitrogens with one attached hydrogen (secondary N) is 2. The minimum absolute atomic E-state index is 0.0400. The molecule has 8 heteroatoms. The molecule has 0 aliphatic heterocycles. The number of pyridine rings is 1. The molecule has 0 atom stereocenters. The fourth-order valence-corrected chi connectivity index (χ4v) is 2.76. The van der Waals surface area contributed by atoms with Gasteiger partial charge >= 0.3 is 0 Å².